The van der Waals surface area contributed by atoms with Crippen molar-refractivity contribution < 1.29 is 19.4 Å². The van der Waals surface area contributed by atoms with Gasteiger partial charge in [-0.1, -0.05) is 0 Å². The molecule has 0 aliphatic rings. The molecular weight excluding hydrogens is 186 g/mol. The van der Waals surface area contributed by atoms with E-state index in [9.17, 15) is 9.59 Å². The lowest BCUT2D eigenvalue weighted by molar-refractivity contribution is -0.146. The summed E-state index contributed by atoms with van der Waals surface area (Å²) in [4.78, 5) is 21.5. The lowest BCUT2D eigenvalue weighted by Gasteiger charge is -2.07. The summed E-state index contributed by atoms with van der Waals surface area (Å²) in [6.45, 7) is 2.52. The largest absolute Gasteiger partial charge is 0.481 e. The summed E-state index contributed by atoms with van der Waals surface area (Å²) in [6, 6.07) is 0. The maximum Gasteiger partial charge on any atom is 0.315 e. The van der Waals surface area contributed by atoms with Crippen LogP contribution in [0, 0.1) is 5.92 Å². The molecule has 0 radical (unpaired) electrons. The van der Waals surface area contributed by atoms with E-state index < -0.39 is 17.8 Å². The van der Waals surface area contributed by atoms with Gasteiger partial charge in [-0.05, 0) is 19.8 Å². The Balaban J connectivity index is 3.49. The molecular formula is C9H17NO4. The predicted molar refractivity (Wildman–Crippen MR) is 50.9 cm³/mol. The van der Waals surface area contributed by atoms with Gasteiger partial charge in [-0.15, -0.1) is 0 Å². The first-order chi connectivity index (χ1) is 6.59. The van der Waals surface area contributed by atoms with E-state index >= 15 is 0 Å². The van der Waals surface area contributed by atoms with Crippen molar-refractivity contribution in [3.05, 3.63) is 0 Å². The van der Waals surface area contributed by atoms with Gasteiger partial charge in [0.25, 0.3) is 0 Å². The first kappa shape index (κ1) is 12.9. The number of hydrogen-bond acceptors (Lipinski definition) is 3. The van der Waals surface area contributed by atoms with E-state index in [-0.39, 0.29) is 0 Å². The third-order valence-electron chi connectivity index (χ3n) is 1.84. The van der Waals surface area contributed by atoms with Crippen LogP contribution in [0.3, 0.4) is 0 Å². The monoisotopic (exact) mass is 203 g/mol. The Morgan fingerprint density at radius 1 is 1.43 bits per heavy atom. The molecule has 0 aliphatic heterocycles. The molecule has 0 heterocycles. The quantitative estimate of drug-likeness (QED) is 0.459. The third kappa shape index (κ3) is 5.53. The summed E-state index contributed by atoms with van der Waals surface area (Å²) in [7, 11) is 1.62. The highest BCUT2D eigenvalue weighted by atomic mass is 16.5. The molecule has 1 unspecified atom stereocenters. The Morgan fingerprint density at radius 3 is 2.57 bits per heavy atom. The Morgan fingerprint density at radius 2 is 2.07 bits per heavy atom. The summed E-state index contributed by atoms with van der Waals surface area (Å²) in [5.74, 6) is -2.51. The number of hydrogen-bond donors (Lipinski definition) is 2. The van der Waals surface area contributed by atoms with Crippen molar-refractivity contribution in [3.8, 4) is 0 Å². The number of unbranched alkanes of at least 4 members (excludes halogenated alkanes) is 1. The SMILES string of the molecule is COCCCCNC(=O)C(C)C(=O)O. The molecule has 2 N–H and O–H groups in total. The number of rotatable bonds is 7. The maximum absolute atomic E-state index is 11.1. The van der Waals surface area contributed by atoms with Gasteiger partial charge in [0.1, 0.15) is 5.92 Å². The summed E-state index contributed by atoms with van der Waals surface area (Å²) >= 11 is 0. The number of carboxylic acids is 1. The van der Waals surface area contributed by atoms with E-state index in [1.54, 1.807) is 7.11 Å². The van der Waals surface area contributed by atoms with E-state index in [4.69, 9.17) is 9.84 Å². The molecule has 0 rings (SSSR count). The molecule has 14 heavy (non-hydrogen) atoms. The summed E-state index contributed by atoms with van der Waals surface area (Å²) in [5, 5.41) is 11.1. The highest BCUT2D eigenvalue weighted by molar-refractivity contribution is 5.96. The van der Waals surface area contributed by atoms with E-state index in [1.807, 2.05) is 0 Å². The molecule has 0 aliphatic carbocycles. The Hall–Kier alpha value is -1.10. The molecule has 0 aromatic carbocycles. The second-order valence-electron chi connectivity index (χ2n) is 3.05. The van der Waals surface area contributed by atoms with Gasteiger partial charge in [-0.3, -0.25) is 9.59 Å². The van der Waals surface area contributed by atoms with E-state index in [1.165, 1.54) is 6.92 Å². The fourth-order valence-electron chi connectivity index (χ4n) is 0.848. The smallest absolute Gasteiger partial charge is 0.315 e. The zero-order valence-corrected chi connectivity index (χ0v) is 8.58. The normalized spacial score (nSPS) is 12.1. The molecule has 0 aromatic rings. The molecule has 82 valence electrons. The van der Waals surface area contributed by atoms with Gasteiger partial charge in [-0.25, -0.2) is 0 Å². The maximum atomic E-state index is 11.1. The van der Waals surface area contributed by atoms with Gasteiger partial charge in [0.2, 0.25) is 5.91 Å². The van der Waals surface area contributed by atoms with Gasteiger partial charge in [0, 0.05) is 20.3 Å². The number of methoxy groups -OCH3 is 1. The minimum Gasteiger partial charge on any atom is -0.481 e. The lowest BCUT2D eigenvalue weighted by atomic mass is 10.1. The van der Waals surface area contributed by atoms with E-state index in [0.717, 1.165) is 12.8 Å². The van der Waals surface area contributed by atoms with Crippen LogP contribution in [0.15, 0.2) is 0 Å². The molecule has 0 saturated heterocycles. The molecule has 0 aromatic heterocycles. The average molecular weight is 203 g/mol. The molecule has 1 atom stereocenters. The van der Waals surface area contributed by atoms with Crippen molar-refractivity contribution in [3.63, 3.8) is 0 Å². The standard InChI is InChI=1S/C9H17NO4/c1-7(9(12)13)8(11)10-5-3-4-6-14-2/h7H,3-6H2,1-2H3,(H,10,11)(H,12,13). The van der Waals surface area contributed by atoms with E-state index in [2.05, 4.69) is 5.32 Å². The number of ether oxygens (including phenoxy) is 1. The van der Waals surface area contributed by atoms with Gasteiger partial charge in [-0.2, -0.15) is 0 Å². The van der Waals surface area contributed by atoms with Crippen LogP contribution >= 0.6 is 0 Å². The predicted octanol–water partition coefficient (Wildman–Crippen LogP) is 0.250. The number of aliphatic carboxylic acids is 1. The highest BCUT2D eigenvalue weighted by Crippen LogP contribution is 1.94. The van der Waals surface area contributed by atoms with Crippen LogP contribution in [0.1, 0.15) is 19.8 Å². The molecule has 0 fully saturated rings. The summed E-state index contributed by atoms with van der Waals surface area (Å²) in [6.07, 6.45) is 1.66. The summed E-state index contributed by atoms with van der Waals surface area (Å²) in [5.41, 5.74) is 0. The average Bonchev–Trinajstić information content (AvgIpc) is 2.16. The van der Waals surface area contributed by atoms with Gasteiger partial charge in [0.05, 0.1) is 0 Å². The fourth-order valence-corrected chi connectivity index (χ4v) is 0.848. The van der Waals surface area contributed by atoms with E-state index in [0.29, 0.717) is 13.2 Å². The van der Waals surface area contributed by atoms with Crippen LogP contribution in [0.25, 0.3) is 0 Å². The first-order valence-electron chi connectivity index (χ1n) is 4.59. The van der Waals surface area contributed by atoms with Crippen molar-refractivity contribution in [1.82, 2.24) is 5.32 Å². The second kappa shape index (κ2) is 7.32. The zero-order valence-electron chi connectivity index (χ0n) is 8.58. The van der Waals surface area contributed by atoms with Crippen molar-refractivity contribution >= 4 is 11.9 Å². The van der Waals surface area contributed by atoms with Crippen molar-refractivity contribution in [2.75, 3.05) is 20.3 Å². The van der Waals surface area contributed by atoms with Crippen molar-refractivity contribution in [2.45, 2.75) is 19.8 Å². The van der Waals surface area contributed by atoms with Gasteiger partial charge in [0.15, 0.2) is 0 Å². The van der Waals surface area contributed by atoms with Crippen LogP contribution in [-0.4, -0.2) is 37.2 Å². The van der Waals surface area contributed by atoms with Crippen molar-refractivity contribution in [1.29, 1.82) is 0 Å². The molecule has 0 saturated carbocycles. The number of carbonyl (C=O) groups excluding carboxylic acids is 1. The Labute approximate surface area is 83.4 Å². The van der Waals surface area contributed by atoms with Crippen molar-refractivity contribution in [2.24, 2.45) is 5.92 Å². The van der Waals surface area contributed by atoms with Gasteiger partial charge < -0.3 is 15.2 Å². The van der Waals surface area contributed by atoms with Crippen LogP contribution in [0.4, 0.5) is 0 Å². The van der Waals surface area contributed by atoms with Crippen LogP contribution < -0.4 is 5.32 Å². The molecule has 5 nitrogen and oxygen atoms in total. The topological polar surface area (TPSA) is 75.6 Å². The second-order valence-corrected chi connectivity index (χ2v) is 3.05. The fraction of sp³-hybridized carbons (Fsp3) is 0.778. The Bertz CT molecular complexity index is 193. The highest BCUT2D eigenvalue weighted by Gasteiger charge is 2.19. The molecule has 1 amide bonds. The van der Waals surface area contributed by atoms with Crippen LogP contribution in [0.2, 0.25) is 0 Å². The minimum atomic E-state index is -1.10. The van der Waals surface area contributed by atoms with Crippen LogP contribution in [-0.2, 0) is 14.3 Å². The molecule has 0 spiro atoms. The lowest BCUT2D eigenvalue weighted by Crippen LogP contribution is -2.34. The minimum absolute atomic E-state index is 0.435. The van der Waals surface area contributed by atoms with Crippen LogP contribution in [0.5, 0.6) is 0 Å². The Kier molecular flexibility index (Phi) is 6.74. The summed E-state index contributed by atoms with van der Waals surface area (Å²) < 4.78 is 4.83. The first-order valence-corrected chi connectivity index (χ1v) is 4.59. The number of carbonyl (C=O) groups is 2. The third-order valence-corrected chi connectivity index (χ3v) is 1.84. The zero-order chi connectivity index (χ0) is 11.0. The number of carboxylic acid groups (broad SMARTS) is 1. The molecule has 5 heteroatoms. The number of amides is 1. The van der Waals surface area contributed by atoms with Gasteiger partial charge >= 0.3 is 5.97 Å². The molecule has 0 bridgehead atoms. The number of nitrogens with one attached hydrogen (secondary N) is 1.